The SMILES string of the molecule is [As]c1ncnc2cc[nH]c12. The van der Waals surface area contributed by atoms with Crippen LogP contribution in [0.5, 0.6) is 0 Å². The summed E-state index contributed by atoms with van der Waals surface area (Å²) in [7, 11) is 0. The molecule has 0 aromatic carbocycles. The quantitative estimate of drug-likeness (QED) is 0.586. The number of fused-ring (bicyclic) bond motifs is 1. The Hall–Kier alpha value is -0.822. The van der Waals surface area contributed by atoms with E-state index < -0.39 is 0 Å². The Labute approximate surface area is 66.4 Å². The summed E-state index contributed by atoms with van der Waals surface area (Å²) < 4.78 is 0.933. The van der Waals surface area contributed by atoms with E-state index in [1.165, 1.54) is 0 Å². The number of aromatic nitrogens is 3. The van der Waals surface area contributed by atoms with E-state index in [4.69, 9.17) is 0 Å². The van der Waals surface area contributed by atoms with Crippen LogP contribution >= 0.6 is 0 Å². The number of hydrogen-bond donors (Lipinski definition) is 1. The number of hydrogen-bond acceptors (Lipinski definition) is 2. The van der Waals surface area contributed by atoms with Gasteiger partial charge in [-0.15, -0.1) is 0 Å². The van der Waals surface area contributed by atoms with Crippen LogP contribution < -0.4 is 4.48 Å². The predicted molar refractivity (Wildman–Crippen MR) is 39.3 cm³/mol. The maximum atomic E-state index is 4.05. The number of aromatic amines is 1. The van der Waals surface area contributed by atoms with E-state index in [1.54, 1.807) is 6.33 Å². The van der Waals surface area contributed by atoms with Crippen LogP contribution in [-0.2, 0) is 0 Å². The first-order valence-electron chi connectivity index (χ1n) is 2.85. The monoisotopic (exact) mass is 193 g/mol. The molecule has 0 aliphatic heterocycles. The van der Waals surface area contributed by atoms with E-state index in [-0.39, 0.29) is 0 Å². The van der Waals surface area contributed by atoms with Crippen molar-refractivity contribution in [2.45, 2.75) is 0 Å². The van der Waals surface area contributed by atoms with Crippen LogP contribution in [0.3, 0.4) is 0 Å². The summed E-state index contributed by atoms with van der Waals surface area (Å²) in [5.74, 6) is 0. The number of rotatable bonds is 0. The summed E-state index contributed by atoms with van der Waals surface area (Å²) >= 11 is 2.40. The Morgan fingerprint density at radius 1 is 1.40 bits per heavy atom. The van der Waals surface area contributed by atoms with Gasteiger partial charge in [-0.2, -0.15) is 0 Å². The molecule has 2 rings (SSSR count). The van der Waals surface area contributed by atoms with Crippen molar-refractivity contribution in [3.8, 4) is 0 Å². The Balaban J connectivity index is 2.95. The van der Waals surface area contributed by atoms with Gasteiger partial charge in [0, 0.05) is 0 Å². The zero-order valence-electron chi connectivity index (χ0n) is 5.07. The zero-order chi connectivity index (χ0) is 6.97. The van der Waals surface area contributed by atoms with E-state index in [2.05, 4.69) is 31.8 Å². The first-order chi connectivity index (χ1) is 4.88. The molecular weight excluding hydrogens is 189 g/mol. The first-order valence-corrected chi connectivity index (χ1v) is 3.79. The molecule has 0 aliphatic rings. The van der Waals surface area contributed by atoms with Crippen molar-refractivity contribution in [2.75, 3.05) is 0 Å². The van der Waals surface area contributed by atoms with E-state index in [0.717, 1.165) is 15.5 Å². The molecule has 0 bridgehead atoms. The Bertz CT molecular complexity index is 355. The fourth-order valence-electron chi connectivity index (χ4n) is 0.858. The molecule has 10 heavy (non-hydrogen) atoms. The number of H-pyrrole nitrogens is 1. The molecule has 0 unspecified atom stereocenters. The predicted octanol–water partition coefficient (Wildman–Crippen LogP) is -0.248. The second-order valence-electron chi connectivity index (χ2n) is 1.94. The van der Waals surface area contributed by atoms with Crippen LogP contribution in [0.15, 0.2) is 18.6 Å². The van der Waals surface area contributed by atoms with E-state index in [0.29, 0.717) is 0 Å². The summed E-state index contributed by atoms with van der Waals surface area (Å²) in [6.45, 7) is 0. The van der Waals surface area contributed by atoms with Gasteiger partial charge in [-0.3, -0.25) is 0 Å². The summed E-state index contributed by atoms with van der Waals surface area (Å²) in [5.41, 5.74) is 1.97. The second kappa shape index (κ2) is 2.10. The minimum absolute atomic E-state index is 0.933. The van der Waals surface area contributed by atoms with Gasteiger partial charge in [-0.05, 0) is 0 Å². The zero-order valence-corrected chi connectivity index (χ0v) is 6.95. The van der Waals surface area contributed by atoms with Crippen molar-refractivity contribution in [3.05, 3.63) is 18.6 Å². The Morgan fingerprint density at radius 2 is 2.30 bits per heavy atom. The third kappa shape index (κ3) is 0.745. The van der Waals surface area contributed by atoms with Gasteiger partial charge in [0.05, 0.1) is 0 Å². The summed E-state index contributed by atoms with van der Waals surface area (Å²) in [6.07, 6.45) is 3.42. The van der Waals surface area contributed by atoms with Gasteiger partial charge in [0.25, 0.3) is 0 Å². The molecule has 48 valence electrons. The van der Waals surface area contributed by atoms with Gasteiger partial charge in [0.1, 0.15) is 0 Å². The van der Waals surface area contributed by atoms with Gasteiger partial charge >= 0.3 is 65.9 Å². The minimum atomic E-state index is 0.933. The average molecular weight is 193 g/mol. The number of nitrogens with one attached hydrogen (secondary N) is 1. The van der Waals surface area contributed by atoms with Gasteiger partial charge in [0.2, 0.25) is 0 Å². The maximum absolute atomic E-state index is 4.05. The van der Waals surface area contributed by atoms with Crippen LogP contribution in [0.25, 0.3) is 11.0 Å². The Morgan fingerprint density at radius 3 is 3.10 bits per heavy atom. The topological polar surface area (TPSA) is 41.6 Å². The van der Waals surface area contributed by atoms with Gasteiger partial charge in [-0.25, -0.2) is 0 Å². The molecule has 3 nitrogen and oxygen atoms in total. The van der Waals surface area contributed by atoms with Gasteiger partial charge in [-0.1, -0.05) is 0 Å². The molecule has 0 fully saturated rings. The number of nitrogens with zero attached hydrogens (tertiary/aromatic N) is 2. The third-order valence-electron chi connectivity index (χ3n) is 1.33. The van der Waals surface area contributed by atoms with Crippen molar-refractivity contribution >= 4 is 32.4 Å². The molecule has 2 aromatic rings. The fraction of sp³-hybridized carbons (Fsp3) is 0. The van der Waals surface area contributed by atoms with E-state index in [9.17, 15) is 0 Å². The molecule has 2 radical (unpaired) electrons. The molecule has 0 atom stereocenters. The molecule has 0 spiro atoms. The van der Waals surface area contributed by atoms with E-state index in [1.807, 2.05) is 12.3 Å². The molecule has 0 aliphatic carbocycles. The fourth-order valence-corrected chi connectivity index (χ4v) is 1.34. The Kier molecular flexibility index (Phi) is 1.24. The molecule has 4 heteroatoms. The van der Waals surface area contributed by atoms with Crippen LogP contribution in [0, 0.1) is 0 Å². The average Bonchev–Trinajstić information content (AvgIpc) is 2.36. The van der Waals surface area contributed by atoms with Crippen molar-refractivity contribution in [3.63, 3.8) is 0 Å². The van der Waals surface area contributed by atoms with Crippen molar-refractivity contribution < 1.29 is 0 Å². The molecular formula is C6H4AsN3. The van der Waals surface area contributed by atoms with E-state index >= 15 is 0 Å². The third-order valence-corrected chi connectivity index (χ3v) is 2.04. The first kappa shape index (κ1) is 5.93. The standard InChI is InChI=1S/C6H4AsN3/c7-6-5-4(1-2-8-5)9-3-10-6/h1-3,8H. The van der Waals surface area contributed by atoms with Gasteiger partial charge in [0.15, 0.2) is 0 Å². The van der Waals surface area contributed by atoms with Crippen molar-refractivity contribution in [2.24, 2.45) is 0 Å². The second-order valence-corrected chi connectivity index (χ2v) is 2.82. The van der Waals surface area contributed by atoms with Gasteiger partial charge < -0.3 is 0 Å². The van der Waals surface area contributed by atoms with Crippen molar-refractivity contribution in [1.29, 1.82) is 0 Å². The van der Waals surface area contributed by atoms with Crippen LogP contribution in [0.1, 0.15) is 0 Å². The molecule has 1 N–H and O–H groups in total. The normalized spacial score (nSPS) is 10.5. The molecule has 0 amide bonds. The van der Waals surface area contributed by atoms with Crippen LogP contribution in [0.4, 0.5) is 0 Å². The summed E-state index contributed by atoms with van der Waals surface area (Å²) in [6, 6.07) is 1.92. The molecule has 0 saturated heterocycles. The molecule has 2 heterocycles. The van der Waals surface area contributed by atoms with Crippen LogP contribution in [0.2, 0.25) is 0 Å². The summed E-state index contributed by atoms with van der Waals surface area (Å²) in [5, 5.41) is 0. The van der Waals surface area contributed by atoms with Crippen LogP contribution in [-0.4, -0.2) is 31.8 Å². The molecule has 2 aromatic heterocycles. The van der Waals surface area contributed by atoms with Crippen molar-refractivity contribution in [1.82, 2.24) is 15.0 Å². The summed E-state index contributed by atoms with van der Waals surface area (Å²) in [4.78, 5) is 11.1. The molecule has 0 saturated carbocycles.